The Labute approximate surface area is 112 Å². The lowest BCUT2D eigenvalue weighted by molar-refractivity contribution is -0.140. The molecule has 0 bridgehead atoms. The van der Waals surface area contributed by atoms with E-state index in [0.29, 0.717) is 0 Å². The maximum atomic E-state index is 11.8. The number of hydrogen-bond donors (Lipinski definition) is 3. The van der Waals surface area contributed by atoms with Crippen molar-refractivity contribution in [3.63, 3.8) is 0 Å². The van der Waals surface area contributed by atoms with Crippen molar-refractivity contribution in [2.45, 2.75) is 38.5 Å². The summed E-state index contributed by atoms with van der Waals surface area (Å²) in [5, 5.41) is 12.6. The zero-order valence-corrected chi connectivity index (χ0v) is 11.4. The van der Waals surface area contributed by atoms with Crippen LogP contribution in [0.3, 0.4) is 0 Å². The molecule has 0 atom stereocenters. The second-order valence-corrected chi connectivity index (χ2v) is 5.34. The van der Waals surface area contributed by atoms with Crippen LogP contribution in [0, 0.1) is 5.41 Å². The third-order valence-electron chi connectivity index (χ3n) is 3.30. The van der Waals surface area contributed by atoms with Crippen LogP contribution in [0.4, 0.5) is 4.79 Å². The Bertz CT molecular complexity index is 362. The zero-order valence-electron chi connectivity index (χ0n) is 11.4. The van der Waals surface area contributed by atoms with Gasteiger partial charge in [0.05, 0.1) is 6.42 Å². The Morgan fingerprint density at radius 3 is 2.21 bits per heavy atom. The second kappa shape index (κ2) is 6.51. The number of carbonyl (C=O) groups is 3. The summed E-state index contributed by atoms with van der Waals surface area (Å²) >= 11 is 0. The summed E-state index contributed by atoms with van der Waals surface area (Å²) in [6.45, 7) is 0. The fourth-order valence-electron chi connectivity index (χ4n) is 2.60. The predicted octanol–water partition coefficient (Wildman–Crippen LogP) is 0.714. The van der Waals surface area contributed by atoms with Gasteiger partial charge in [0.2, 0.25) is 5.91 Å². The van der Waals surface area contributed by atoms with E-state index in [1.54, 1.807) is 14.1 Å². The van der Waals surface area contributed by atoms with Gasteiger partial charge < -0.3 is 5.11 Å². The number of hydrogen-bond acceptors (Lipinski definition) is 4. The molecule has 0 saturated heterocycles. The van der Waals surface area contributed by atoms with Crippen LogP contribution in [0.25, 0.3) is 0 Å². The van der Waals surface area contributed by atoms with E-state index in [1.165, 1.54) is 5.01 Å². The van der Waals surface area contributed by atoms with Gasteiger partial charge in [0.1, 0.15) is 0 Å². The van der Waals surface area contributed by atoms with E-state index in [1.807, 2.05) is 0 Å². The van der Waals surface area contributed by atoms with Crippen LogP contribution in [-0.2, 0) is 9.59 Å². The van der Waals surface area contributed by atoms with E-state index >= 15 is 0 Å². The van der Waals surface area contributed by atoms with Crippen molar-refractivity contribution in [2.24, 2.45) is 5.41 Å². The molecule has 19 heavy (non-hydrogen) atoms. The van der Waals surface area contributed by atoms with E-state index in [2.05, 4.69) is 10.7 Å². The van der Waals surface area contributed by atoms with Crippen LogP contribution >= 0.6 is 0 Å². The molecule has 0 unspecified atom stereocenters. The van der Waals surface area contributed by atoms with Crippen molar-refractivity contribution < 1.29 is 19.5 Å². The number of imide groups is 1. The van der Waals surface area contributed by atoms with Crippen LogP contribution in [0.2, 0.25) is 0 Å². The van der Waals surface area contributed by atoms with E-state index in [0.717, 1.165) is 25.7 Å². The maximum Gasteiger partial charge on any atom is 0.335 e. The molecular weight excluding hydrogens is 250 g/mol. The molecule has 0 aromatic carbocycles. The fourth-order valence-corrected chi connectivity index (χ4v) is 2.60. The quantitative estimate of drug-likeness (QED) is 0.640. The molecule has 1 aliphatic rings. The minimum absolute atomic E-state index is 0.0181. The number of carboxylic acid groups (broad SMARTS) is 1. The van der Waals surface area contributed by atoms with E-state index < -0.39 is 23.3 Å². The number of carbonyl (C=O) groups excluding carboxylic acids is 2. The van der Waals surface area contributed by atoms with Crippen LogP contribution in [0.1, 0.15) is 38.5 Å². The SMILES string of the molecule is CN(C)NC(=O)NC(=O)CC1(CC(=O)O)CCCC1. The summed E-state index contributed by atoms with van der Waals surface area (Å²) in [5.74, 6) is -1.32. The molecule has 0 heterocycles. The minimum atomic E-state index is -0.896. The van der Waals surface area contributed by atoms with Gasteiger partial charge in [-0.25, -0.2) is 9.80 Å². The summed E-state index contributed by atoms with van der Waals surface area (Å²) in [6, 6.07) is -0.599. The number of rotatable bonds is 5. The molecule has 7 nitrogen and oxygen atoms in total. The van der Waals surface area contributed by atoms with Gasteiger partial charge in [0.15, 0.2) is 0 Å². The number of hydrazine groups is 1. The maximum absolute atomic E-state index is 11.8. The van der Waals surface area contributed by atoms with Gasteiger partial charge in [0, 0.05) is 20.5 Å². The predicted molar refractivity (Wildman–Crippen MR) is 68.1 cm³/mol. The highest BCUT2D eigenvalue weighted by molar-refractivity contribution is 5.94. The van der Waals surface area contributed by atoms with Crippen molar-refractivity contribution in [1.29, 1.82) is 0 Å². The molecule has 1 rings (SSSR count). The van der Waals surface area contributed by atoms with Crippen molar-refractivity contribution >= 4 is 17.9 Å². The summed E-state index contributed by atoms with van der Waals surface area (Å²) < 4.78 is 0. The fraction of sp³-hybridized carbons (Fsp3) is 0.750. The molecule has 0 aromatic rings. The molecule has 0 aromatic heterocycles. The van der Waals surface area contributed by atoms with Crippen LogP contribution in [-0.4, -0.2) is 42.1 Å². The highest BCUT2D eigenvalue weighted by Crippen LogP contribution is 2.43. The first kappa shape index (κ1) is 15.4. The van der Waals surface area contributed by atoms with Gasteiger partial charge in [-0.2, -0.15) is 0 Å². The number of urea groups is 1. The van der Waals surface area contributed by atoms with Crippen molar-refractivity contribution in [3.05, 3.63) is 0 Å². The molecule has 1 aliphatic carbocycles. The molecule has 7 heteroatoms. The summed E-state index contributed by atoms with van der Waals surface area (Å²) in [4.78, 5) is 34.0. The summed E-state index contributed by atoms with van der Waals surface area (Å²) in [7, 11) is 3.26. The van der Waals surface area contributed by atoms with Crippen molar-refractivity contribution in [3.8, 4) is 0 Å². The molecule has 0 radical (unpaired) electrons. The van der Waals surface area contributed by atoms with Gasteiger partial charge in [-0.05, 0) is 18.3 Å². The third kappa shape index (κ3) is 5.25. The standard InChI is InChI=1S/C12H21N3O4/c1-15(2)14-11(19)13-9(16)7-12(8-10(17)18)5-3-4-6-12/h3-8H2,1-2H3,(H,17,18)(H2,13,14,16,19). The van der Waals surface area contributed by atoms with Gasteiger partial charge in [-0.15, -0.1) is 0 Å². The molecule has 1 fully saturated rings. The lowest BCUT2D eigenvalue weighted by atomic mass is 9.79. The average molecular weight is 271 g/mol. The number of carboxylic acids is 1. The molecule has 108 valence electrons. The third-order valence-corrected chi connectivity index (χ3v) is 3.30. The molecule has 1 saturated carbocycles. The first-order valence-corrected chi connectivity index (χ1v) is 6.33. The smallest absolute Gasteiger partial charge is 0.335 e. The van der Waals surface area contributed by atoms with Crippen LogP contribution < -0.4 is 10.7 Å². The minimum Gasteiger partial charge on any atom is -0.481 e. The Morgan fingerprint density at radius 1 is 1.16 bits per heavy atom. The van der Waals surface area contributed by atoms with Crippen LogP contribution in [0.15, 0.2) is 0 Å². The normalized spacial score (nSPS) is 17.2. The molecule has 0 aliphatic heterocycles. The number of aliphatic carboxylic acids is 1. The largest absolute Gasteiger partial charge is 0.481 e. The molecule has 3 N–H and O–H groups in total. The Kier molecular flexibility index (Phi) is 5.29. The first-order chi connectivity index (χ1) is 8.83. The topological polar surface area (TPSA) is 98.7 Å². The van der Waals surface area contributed by atoms with E-state index in [-0.39, 0.29) is 12.8 Å². The van der Waals surface area contributed by atoms with Gasteiger partial charge >= 0.3 is 12.0 Å². The van der Waals surface area contributed by atoms with Gasteiger partial charge in [-0.3, -0.25) is 20.3 Å². The Balaban J connectivity index is 2.52. The van der Waals surface area contributed by atoms with E-state index in [4.69, 9.17) is 5.11 Å². The summed E-state index contributed by atoms with van der Waals surface area (Å²) in [5.41, 5.74) is 1.91. The second-order valence-electron chi connectivity index (χ2n) is 5.34. The van der Waals surface area contributed by atoms with Crippen molar-refractivity contribution in [1.82, 2.24) is 15.8 Å². The van der Waals surface area contributed by atoms with E-state index in [9.17, 15) is 14.4 Å². The lowest BCUT2D eigenvalue weighted by Gasteiger charge is -2.26. The first-order valence-electron chi connectivity index (χ1n) is 6.33. The van der Waals surface area contributed by atoms with Crippen LogP contribution in [0.5, 0.6) is 0 Å². The van der Waals surface area contributed by atoms with Gasteiger partial charge in [-0.1, -0.05) is 12.8 Å². The average Bonchev–Trinajstić information content (AvgIpc) is 2.62. The number of amides is 3. The monoisotopic (exact) mass is 271 g/mol. The molecule has 0 spiro atoms. The Hall–Kier alpha value is -1.63. The lowest BCUT2D eigenvalue weighted by Crippen LogP contribution is -2.46. The van der Waals surface area contributed by atoms with Gasteiger partial charge in [0.25, 0.3) is 0 Å². The summed E-state index contributed by atoms with van der Waals surface area (Å²) in [6.07, 6.45) is 3.38. The zero-order chi connectivity index (χ0) is 14.5. The number of nitrogens with one attached hydrogen (secondary N) is 2. The van der Waals surface area contributed by atoms with Crippen molar-refractivity contribution in [2.75, 3.05) is 14.1 Å². The highest BCUT2D eigenvalue weighted by atomic mass is 16.4. The Morgan fingerprint density at radius 2 is 1.74 bits per heavy atom. The molecule has 3 amide bonds. The molecular formula is C12H21N3O4. The number of nitrogens with zero attached hydrogens (tertiary/aromatic N) is 1. The highest BCUT2D eigenvalue weighted by Gasteiger charge is 2.38.